The quantitative estimate of drug-likeness (QED) is 0.0826. The van der Waals surface area contributed by atoms with Crippen molar-refractivity contribution in [3.8, 4) is 45.9 Å². The normalized spacial score (nSPS) is 21.1. The van der Waals surface area contributed by atoms with Gasteiger partial charge in [-0.2, -0.15) is 0 Å². The number of ether oxygens (including phenoxy) is 9. The third-order valence-corrected chi connectivity index (χ3v) is 13.8. The van der Waals surface area contributed by atoms with Crippen molar-refractivity contribution < 1.29 is 76.1 Å². The zero-order chi connectivity index (χ0) is 48.6. The van der Waals surface area contributed by atoms with Crippen molar-refractivity contribution in [2.45, 2.75) is 44.1 Å². The van der Waals surface area contributed by atoms with Crippen LogP contribution in [0.5, 0.6) is 34.5 Å². The second kappa shape index (κ2) is 17.3. The summed E-state index contributed by atoms with van der Waals surface area (Å²) in [6, 6.07) is 23.7. The van der Waals surface area contributed by atoms with Crippen molar-refractivity contribution in [1.29, 1.82) is 0 Å². The minimum Gasteiger partial charge on any atom is -0.493 e. The summed E-state index contributed by atoms with van der Waals surface area (Å²) in [7, 11) is -0.0935. The number of fused-ring (bicyclic) bond motifs is 8. The van der Waals surface area contributed by atoms with Gasteiger partial charge in [0, 0.05) is 33.9 Å². The van der Waals surface area contributed by atoms with E-state index >= 15 is 0 Å². The van der Waals surface area contributed by atoms with Gasteiger partial charge in [-0.15, -0.1) is 0 Å². The van der Waals surface area contributed by atoms with Crippen LogP contribution in [0.25, 0.3) is 22.3 Å². The van der Waals surface area contributed by atoms with Gasteiger partial charge < -0.3 is 61.5 Å². The summed E-state index contributed by atoms with van der Waals surface area (Å²) < 4.78 is 58.5. The molecule has 4 aromatic carbocycles. The number of nitrogens with zero attached hydrogens (tertiary/aromatic N) is 2. The first-order chi connectivity index (χ1) is 33.9. The van der Waals surface area contributed by atoms with Crippen LogP contribution in [0, 0.1) is 11.8 Å². The fourth-order valence-electron chi connectivity index (χ4n) is 10.2. The Balaban J connectivity index is 0.826. The highest BCUT2D eigenvalue weighted by atomic mass is 31.2. The van der Waals surface area contributed by atoms with Crippen LogP contribution in [-0.4, -0.2) is 77.4 Å². The molecule has 70 heavy (non-hydrogen) atoms. The average Bonchev–Trinajstić information content (AvgIpc) is 4.09. The van der Waals surface area contributed by atoms with Crippen molar-refractivity contribution >= 4 is 43.4 Å². The molecule has 2 N–H and O–H groups in total. The van der Waals surface area contributed by atoms with Crippen LogP contribution in [0.1, 0.15) is 69.1 Å². The van der Waals surface area contributed by atoms with Crippen LogP contribution in [0.3, 0.4) is 0 Å². The Bertz CT molecular complexity index is 3220. The fourth-order valence-corrected chi connectivity index (χ4v) is 10.6. The lowest BCUT2D eigenvalue weighted by Gasteiger charge is -2.38. The van der Waals surface area contributed by atoms with Crippen molar-refractivity contribution in [1.82, 2.24) is 9.55 Å². The highest BCUT2D eigenvalue weighted by molar-refractivity contribution is 7.39. The predicted octanol–water partition coefficient (Wildman–Crippen LogP) is 5.88. The van der Waals surface area contributed by atoms with Crippen molar-refractivity contribution in [3.05, 3.63) is 134 Å². The molecule has 19 nitrogen and oxygen atoms in total. The lowest BCUT2D eigenvalue weighted by atomic mass is 9.66. The highest BCUT2D eigenvalue weighted by Crippen LogP contribution is 2.57. The first-order valence-electron chi connectivity index (χ1n) is 22.1. The molecule has 1 fully saturated rings. The molecule has 0 radical (unpaired) electrons. The Morgan fingerprint density at radius 1 is 0.886 bits per heavy atom. The van der Waals surface area contributed by atoms with E-state index in [2.05, 4.69) is 0 Å². The van der Waals surface area contributed by atoms with E-state index in [1.54, 1.807) is 41.8 Å². The molecule has 5 atom stereocenters. The molecule has 358 valence electrons. The van der Waals surface area contributed by atoms with Gasteiger partial charge in [0.15, 0.2) is 29.6 Å². The largest absolute Gasteiger partial charge is 0.493 e. The van der Waals surface area contributed by atoms with Crippen LogP contribution in [-0.2, 0) is 52.1 Å². The van der Waals surface area contributed by atoms with Gasteiger partial charge in [0.2, 0.25) is 18.1 Å². The molecule has 2 aromatic heterocycles. The minimum atomic E-state index is -2.83. The van der Waals surface area contributed by atoms with Crippen molar-refractivity contribution in [2.75, 3.05) is 34.2 Å². The smallest absolute Gasteiger partial charge is 0.391 e. The Hall–Kier alpha value is -7.73. The summed E-state index contributed by atoms with van der Waals surface area (Å²) in [5.41, 5.74) is 2.56. The van der Waals surface area contributed by atoms with Gasteiger partial charge in [0.25, 0.3) is 5.56 Å². The maximum atomic E-state index is 14.0. The Morgan fingerprint density at radius 2 is 1.61 bits per heavy atom. The molecule has 0 bridgehead atoms. The summed E-state index contributed by atoms with van der Waals surface area (Å²) >= 11 is 0. The first kappa shape index (κ1) is 44.8. The maximum absolute atomic E-state index is 14.0. The predicted molar refractivity (Wildman–Crippen MR) is 242 cm³/mol. The number of hydrogen-bond donors (Lipinski definition) is 2. The molecule has 11 rings (SSSR count). The molecule has 4 aliphatic heterocycles. The molecule has 0 spiro atoms. The molecule has 1 aliphatic carbocycles. The van der Waals surface area contributed by atoms with Gasteiger partial charge in [-0.3, -0.25) is 9.59 Å². The summed E-state index contributed by atoms with van der Waals surface area (Å²) in [6.45, 7) is 0.883. The van der Waals surface area contributed by atoms with Crippen LogP contribution in [0.2, 0.25) is 0 Å². The number of carbonyl (C=O) groups is 4. The number of para-hydroxylation sites is 1. The van der Waals surface area contributed by atoms with E-state index in [1.807, 2.05) is 30.3 Å². The van der Waals surface area contributed by atoms with Gasteiger partial charge in [-0.25, -0.2) is 19.4 Å². The maximum Gasteiger partial charge on any atom is 0.391 e. The number of aromatic nitrogens is 2. The summed E-state index contributed by atoms with van der Waals surface area (Å²) in [5.74, 6) is -4.10. The molecule has 0 saturated carbocycles. The number of methoxy groups -OCH3 is 2. The summed E-state index contributed by atoms with van der Waals surface area (Å²) in [5, 5.41) is 0.924. The van der Waals surface area contributed by atoms with Crippen LogP contribution in [0.15, 0.2) is 89.7 Å². The SMILES string of the molecule is CC[C@@]1(OC(=O)COc2ccc(C(=O)O[C@H]3c4cc5c(cc4[C@@H](c4cc(OC)c(OP(O)O)c(OC)c4)[C@H]4C(=O)OCC34)OCO5)cc2)C(=O)OCc2c1cc1n(c2=O)Cc2cc3ccccc3nc2-1. The van der Waals surface area contributed by atoms with Gasteiger partial charge in [-0.05, 0) is 84.3 Å². The molecule has 1 unspecified atom stereocenters. The second-order valence-corrected chi connectivity index (χ2v) is 17.8. The minimum absolute atomic E-state index is 0.0384. The Labute approximate surface area is 398 Å². The number of carbonyl (C=O) groups excluding carboxylic acids is 4. The summed E-state index contributed by atoms with van der Waals surface area (Å²) in [4.78, 5) is 93.0. The van der Waals surface area contributed by atoms with Crippen LogP contribution < -0.4 is 33.8 Å². The molecular weight excluding hydrogens is 932 g/mol. The van der Waals surface area contributed by atoms with E-state index in [0.29, 0.717) is 39.6 Å². The Kier molecular flexibility index (Phi) is 11.1. The van der Waals surface area contributed by atoms with Gasteiger partial charge in [0.05, 0.1) is 61.3 Å². The standard InChI is InChI=1S/C50H41N2O17P/c1-4-50(33-18-35-43-27(13-25-7-5-6-8-34(25)51-43)19-52(35)46(54)31(33)20-64-49(50)57)68-40(53)22-62-28-11-9-24(10-12-28)47(55)67-44-30-17-37-36(65-23-66-37)16-29(30)41(42-32(44)21-63-48(42)56)26-14-38(60-2)45(69-70(58)59)39(15-26)61-3/h5-18,32,41-42,44,58-59H,4,19-23H2,1-3H3/t32?,41-,42+,44+,50+/m1/s1. The lowest BCUT2D eigenvalue weighted by molar-refractivity contribution is -0.190. The zero-order valence-corrected chi connectivity index (χ0v) is 38.4. The third-order valence-electron chi connectivity index (χ3n) is 13.5. The monoisotopic (exact) mass is 972 g/mol. The number of hydrogen-bond acceptors (Lipinski definition) is 18. The number of cyclic esters (lactones) is 2. The van der Waals surface area contributed by atoms with Crippen LogP contribution in [0.4, 0.5) is 0 Å². The molecular formula is C50H41N2O17P. The first-order valence-corrected chi connectivity index (χ1v) is 23.3. The number of pyridine rings is 2. The summed E-state index contributed by atoms with van der Waals surface area (Å²) in [6.07, 6.45) is -1.04. The number of esters is 4. The van der Waals surface area contributed by atoms with E-state index in [0.717, 1.165) is 16.5 Å². The van der Waals surface area contributed by atoms with E-state index < -0.39 is 68.5 Å². The molecule has 1 saturated heterocycles. The van der Waals surface area contributed by atoms with Gasteiger partial charge in [-0.1, -0.05) is 25.1 Å². The number of rotatable bonds is 12. The van der Waals surface area contributed by atoms with E-state index in [4.69, 9.17) is 52.1 Å². The average molecular weight is 973 g/mol. The van der Waals surface area contributed by atoms with Crippen molar-refractivity contribution in [2.24, 2.45) is 11.8 Å². The Morgan fingerprint density at radius 3 is 2.33 bits per heavy atom. The number of benzene rings is 4. The van der Waals surface area contributed by atoms with E-state index in [9.17, 15) is 33.8 Å². The molecule has 0 amide bonds. The molecule has 6 heterocycles. The molecule has 20 heteroatoms. The fraction of sp³-hybridized carbons (Fsp3) is 0.280. The van der Waals surface area contributed by atoms with Crippen LogP contribution >= 0.6 is 8.60 Å². The van der Waals surface area contributed by atoms with E-state index in [1.165, 1.54) is 38.5 Å². The second-order valence-electron chi connectivity index (χ2n) is 17.1. The molecule has 5 aliphatic rings. The van der Waals surface area contributed by atoms with E-state index in [-0.39, 0.29) is 78.2 Å². The third kappa shape index (κ3) is 7.30. The van der Waals surface area contributed by atoms with Gasteiger partial charge >= 0.3 is 32.5 Å². The highest BCUT2D eigenvalue weighted by Gasteiger charge is 2.55. The zero-order valence-electron chi connectivity index (χ0n) is 37.5. The topological polar surface area (TPSA) is 236 Å². The lowest BCUT2D eigenvalue weighted by Crippen LogP contribution is -2.48. The van der Waals surface area contributed by atoms with Gasteiger partial charge in [0.1, 0.15) is 18.5 Å². The molecule has 6 aromatic rings. The van der Waals surface area contributed by atoms with Crippen molar-refractivity contribution in [3.63, 3.8) is 0 Å².